The smallest absolute Gasteiger partial charge is 0.148 e. The molecule has 1 N–H and O–H groups in total. The number of hydrogen-bond acceptors (Lipinski definition) is 4. The van der Waals surface area contributed by atoms with Crippen molar-refractivity contribution in [3.05, 3.63) is 29.8 Å². The standard InChI is InChI=1S/C12H19NO2S2/c1-11-3-5-12(6-4-11)16-9-7-13-8-10-17(2,14)15/h3-6,13H,7-10H2,1-2H3. The highest BCUT2D eigenvalue weighted by atomic mass is 32.2. The van der Waals surface area contributed by atoms with Crippen molar-refractivity contribution in [1.82, 2.24) is 5.32 Å². The average molecular weight is 273 g/mol. The summed E-state index contributed by atoms with van der Waals surface area (Å²) in [6, 6.07) is 8.41. The van der Waals surface area contributed by atoms with Crippen LogP contribution in [0.1, 0.15) is 5.56 Å². The SMILES string of the molecule is Cc1ccc(SCCNCCS(C)(=O)=O)cc1. The van der Waals surface area contributed by atoms with Crippen molar-refractivity contribution in [2.75, 3.05) is 30.9 Å². The minimum absolute atomic E-state index is 0.211. The topological polar surface area (TPSA) is 46.2 Å². The average Bonchev–Trinajstić information content (AvgIpc) is 2.24. The molecule has 96 valence electrons. The summed E-state index contributed by atoms with van der Waals surface area (Å²) in [5.41, 5.74) is 1.26. The number of hydrogen-bond donors (Lipinski definition) is 1. The van der Waals surface area contributed by atoms with Crippen molar-refractivity contribution in [2.45, 2.75) is 11.8 Å². The Balaban J connectivity index is 2.10. The molecule has 0 saturated heterocycles. The van der Waals surface area contributed by atoms with Crippen LogP contribution in [0, 0.1) is 6.92 Å². The zero-order valence-corrected chi connectivity index (χ0v) is 11.9. The van der Waals surface area contributed by atoms with E-state index in [0.717, 1.165) is 12.3 Å². The quantitative estimate of drug-likeness (QED) is 0.607. The van der Waals surface area contributed by atoms with Crippen LogP contribution in [0.2, 0.25) is 0 Å². The number of rotatable bonds is 7. The predicted octanol–water partition coefficient (Wildman–Crippen LogP) is 1.72. The van der Waals surface area contributed by atoms with Crippen molar-refractivity contribution in [3.63, 3.8) is 0 Å². The molecule has 0 atom stereocenters. The van der Waals surface area contributed by atoms with Crippen molar-refractivity contribution < 1.29 is 8.42 Å². The molecule has 0 spiro atoms. The molecule has 17 heavy (non-hydrogen) atoms. The lowest BCUT2D eigenvalue weighted by atomic mass is 10.2. The summed E-state index contributed by atoms with van der Waals surface area (Å²) in [6.45, 7) is 3.43. The fraction of sp³-hybridized carbons (Fsp3) is 0.500. The Bertz CT molecular complexity index is 426. The van der Waals surface area contributed by atoms with E-state index in [9.17, 15) is 8.42 Å². The van der Waals surface area contributed by atoms with E-state index in [4.69, 9.17) is 0 Å². The van der Waals surface area contributed by atoms with Crippen LogP contribution in [-0.2, 0) is 9.84 Å². The molecule has 0 saturated carbocycles. The van der Waals surface area contributed by atoms with E-state index in [2.05, 4.69) is 36.5 Å². The molecule has 3 nitrogen and oxygen atoms in total. The predicted molar refractivity (Wildman–Crippen MR) is 74.5 cm³/mol. The van der Waals surface area contributed by atoms with Gasteiger partial charge in [0, 0.05) is 30.0 Å². The van der Waals surface area contributed by atoms with Gasteiger partial charge in [-0.25, -0.2) is 8.42 Å². The maximum Gasteiger partial charge on any atom is 0.148 e. The van der Waals surface area contributed by atoms with Crippen molar-refractivity contribution >= 4 is 21.6 Å². The van der Waals surface area contributed by atoms with Gasteiger partial charge in [0.2, 0.25) is 0 Å². The Morgan fingerprint density at radius 1 is 1.18 bits per heavy atom. The Labute approximate surface area is 108 Å². The highest BCUT2D eigenvalue weighted by Gasteiger charge is 2.00. The second-order valence-corrected chi connectivity index (χ2v) is 7.47. The fourth-order valence-electron chi connectivity index (χ4n) is 1.26. The zero-order valence-electron chi connectivity index (χ0n) is 10.3. The molecular formula is C12H19NO2S2. The minimum atomic E-state index is -2.84. The first-order chi connectivity index (χ1) is 7.97. The van der Waals surface area contributed by atoms with Crippen molar-refractivity contribution in [1.29, 1.82) is 0 Å². The van der Waals surface area contributed by atoms with E-state index in [1.807, 2.05) is 0 Å². The first-order valence-corrected chi connectivity index (χ1v) is 8.60. The summed E-state index contributed by atoms with van der Waals surface area (Å²) in [5, 5.41) is 3.12. The molecule has 1 aromatic carbocycles. The van der Waals surface area contributed by atoms with Crippen molar-refractivity contribution in [3.8, 4) is 0 Å². The molecule has 0 bridgehead atoms. The Morgan fingerprint density at radius 3 is 2.41 bits per heavy atom. The highest BCUT2D eigenvalue weighted by molar-refractivity contribution is 7.99. The second-order valence-electron chi connectivity index (χ2n) is 4.04. The lowest BCUT2D eigenvalue weighted by Gasteiger charge is -2.04. The largest absolute Gasteiger partial charge is 0.315 e. The van der Waals surface area contributed by atoms with E-state index in [-0.39, 0.29) is 5.75 Å². The van der Waals surface area contributed by atoms with Crippen LogP contribution in [0.25, 0.3) is 0 Å². The summed E-state index contributed by atoms with van der Waals surface area (Å²) < 4.78 is 21.7. The first kappa shape index (κ1) is 14.5. The van der Waals surface area contributed by atoms with E-state index >= 15 is 0 Å². The van der Waals surface area contributed by atoms with Gasteiger partial charge in [-0.05, 0) is 19.1 Å². The van der Waals surface area contributed by atoms with E-state index in [1.54, 1.807) is 11.8 Å². The summed E-state index contributed by atoms with van der Waals surface area (Å²) in [4.78, 5) is 1.25. The van der Waals surface area contributed by atoms with Gasteiger partial charge in [0.05, 0.1) is 5.75 Å². The molecule has 0 aliphatic rings. The molecular weight excluding hydrogens is 254 g/mol. The maximum absolute atomic E-state index is 10.9. The molecule has 0 radical (unpaired) electrons. The lowest BCUT2D eigenvalue weighted by molar-refractivity contribution is 0.598. The summed E-state index contributed by atoms with van der Waals surface area (Å²) >= 11 is 1.78. The van der Waals surface area contributed by atoms with Crippen LogP contribution in [0.3, 0.4) is 0 Å². The molecule has 0 aliphatic heterocycles. The van der Waals surface area contributed by atoms with Crippen LogP contribution in [0.5, 0.6) is 0 Å². The van der Waals surface area contributed by atoms with Crippen molar-refractivity contribution in [2.24, 2.45) is 0 Å². The van der Waals surface area contributed by atoms with Gasteiger partial charge in [-0.3, -0.25) is 0 Å². The molecule has 0 aromatic heterocycles. The third-order valence-corrected chi connectivity index (χ3v) is 4.18. The molecule has 0 amide bonds. The molecule has 0 aliphatic carbocycles. The second kappa shape index (κ2) is 7.03. The Morgan fingerprint density at radius 2 is 1.82 bits per heavy atom. The number of nitrogens with one attached hydrogen (secondary N) is 1. The van der Waals surface area contributed by atoms with Gasteiger partial charge in [0.1, 0.15) is 9.84 Å². The number of sulfone groups is 1. The first-order valence-electron chi connectivity index (χ1n) is 5.55. The highest BCUT2D eigenvalue weighted by Crippen LogP contribution is 2.17. The van der Waals surface area contributed by atoms with Crippen LogP contribution >= 0.6 is 11.8 Å². The third kappa shape index (κ3) is 7.41. The van der Waals surface area contributed by atoms with Crippen LogP contribution < -0.4 is 5.32 Å². The summed E-state index contributed by atoms with van der Waals surface area (Å²) in [6.07, 6.45) is 1.26. The number of thioether (sulfide) groups is 1. The monoisotopic (exact) mass is 273 g/mol. The van der Waals surface area contributed by atoms with Crippen LogP contribution in [0.15, 0.2) is 29.2 Å². The zero-order chi connectivity index (χ0) is 12.7. The maximum atomic E-state index is 10.9. The molecule has 0 fully saturated rings. The number of aryl methyl sites for hydroxylation is 1. The fourth-order valence-corrected chi connectivity index (χ4v) is 2.58. The van der Waals surface area contributed by atoms with E-state index in [0.29, 0.717) is 6.54 Å². The number of benzene rings is 1. The van der Waals surface area contributed by atoms with Gasteiger partial charge in [-0.15, -0.1) is 11.8 Å². The van der Waals surface area contributed by atoms with Gasteiger partial charge >= 0.3 is 0 Å². The van der Waals surface area contributed by atoms with Gasteiger partial charge in [-0.2, -0.15) is 0 Å². The van der Waals surface area contributed by atoms with E-state index in [1.165, 1.54) is 16.7 Å². The van der Waals surface area contributed by atoms with Gasteiger partial charge in [0.15, 0.2) is 0 Å². The summed E-state index contributed by atoms with van der Waals surface area (Å²) in [7, 11) is -2.84. The van der Waals surface area contributed by atoms with Gasteiger partial charge < -0.3 is 5.32 Å². The minimum Gasteiger partial charge on any atom is -0.315 e. The van der Waals surface area contributed by atoms with Crippen LogP contribution in [-0.4, -0.2) is 39.3 Å². The lowest BCUT2D eigenvalue weighted by Crippen LogP contribution is -2.24. The van der Waals surface area contributed by atoms with Gasteiger partial charge in [0.25, 0.3) is 0 Å². The normalized spacial score (nSPS) is 11.6. The molecule has 0 heterocycles. The van der Waals surface area contributed by atoms with Crippen LogP contribution in [0.4, 0.5) is 0 Å². The van der Waals surface area contributed by atoms with Gasteiger partial charge in [-0.1, -0.05) is 17.7 Å². The summed E-state index contributed by atoms with van der Waals surface area (Å²) in [5.74, 6) is 1.16. The Kier molecular flexibility index (Phi) is 6.02. The molecule has 1 rings (SSSR count). The molecule has 0 unspecified atom stereocenters. The van der Waals surface area contributed by atoms with E-state index < -0.39 is 9.84 Å². The molecule has 1 aromatic rings. The third-order valence-electron chi connectivity index (χ3n) is 2.22. The molecule has 5 heteroatoms. The Hall–Kier alpha value is -0.520.